The third-order valence-electron chi connectivity index (χ3n) is 4.11. The summed E-state index contributed by atoms with van der Waals surface area (Å²) in [5.74, 6) is 1.38. The van der Waals surface area contributed by atoms with Gasteiger partial charge >= 0.3 is 0 Å². The molecule has 0 aliphatic carbocycles. The molecule has 0 amide bonds. The van der Waals surface area contributed by atoms with Gasteiger partial charge in [0.15, 0.2) is 0 Å². The second-order valence-corrected chi connectivity index (χ2v) is 5.41. The van der Waals surface area contributed by atoms with E-state index in [9.17, 15) is 4.79 Å². The predicted octanol–water partition coefficient (Wildman–Crippen LogP) is 2.00. The van der Waals surface area contributed by atoms with Gasteiger partial charge in [0, 0.05) is 18.9 Å². The van der Waals surface area contributed by atoms with Crippen molar-refractivity contribution >= 4 is 27.6 Å². The Morgan fingerprint density at radius 3 is 2.73 bits per heavy atom. The lowest BCUT2D eigenvalue weighted by Crippen LogP contribution is -2.21. The molecule has 22 heavy (non-hydrogen) atoms. The van der Waals surface area contributed by atoms with Crippen molar-refractivity contribution in [2.45, 2.75) is 20.3 Å². The summed E-state index contributed by atoms with van der Waals surface area (Å²) in [6.45, 7) is 3.95. The van der Waals surface area contributed by atoms with Crippen LogP contribution < -0.4 is 5.56 Å². The largest absolute Gasteiger partial charge is 0.279 e. The van der Waals surface area contributed by atoms with Crippen molar-refractivity contribution in [3.05, 3.63) is 46.1 Å². The van der Waals surface area contributed by atoms with Crippen LogP contribution in [0.1, 0.15) is 18.4 Å². The number of fused-ring (bicyclic) bond motifs is 5. The van der Waals surface area contributed by atoms with Crippen molar-refractivity contribution in [1.29, 1.82) is 0 Å². The second kappa shape index (κ2) is 4.37. The Hall–Kier alpha value is -2.76. The van der Waals surface area contributed by atoms with Crippen molar-refractivity contribution in [1.82, 2.24) is 24.1 Å². The van der Waals surface area contributed by atoms with Crippen LogP contribution in [0.4, 0.5) is 0 Å². The molecule has 0 bridgehead atoms. The molecule has 0 atom stereocenters. The number of benzene rings is 1. The molecule has 4 rings (SSSR count). The van der Waals surface area contributed by atoms with Crippen molar-refractivity contribution in [3.63, 3.8) is 0 Å². The topological polar surface area (TPSA) is 65.1 Å². The maximum atomic E-state index is 12.9. The molecule has 110 valence electrons. The number of aromatic nitrogens is 5. The quantitative estimate of drug-likeness (QED) is 0.503. The number of para-hydroxylation sites is 1. The van der Waals surface area contributed by atoms with Gasteiger partial charge in [-0.05, 0) is 13.0 Å². The first-order valence-electron chi connectivity index (χ1n) is 7.25. The highest BCUT2D eigenvalue weighted by molar-refractivity contribution is 6.05. The van der Waals surface area contributed by atoms with Crippen LogP contribution in [0.25, 0.3) is 27.6 Å². The van der Waals surface area contributed by atoms with Crippen LogP contribution in [0.3, 0.4) is 0 Å². The molecule has 0 radical (unpaired) electrons. The van der Waals surface area contributed by atoms with Gasteiger partial charge < -0.3 is 0 Å². The van der Waals surface area contributed by atoms with Gasteiger partial charge in [-0.1, -0.05) is 25.1 Å². The van der Waals surface area contributed by atoms with Crippen LogP contribution in [-0.2, 0) is 13.5 Å². The highest BCUT2D eigenvalue weighted by atomic mass is 16.1. The predicted molar refractivity (Wildman–Crippen MR) is 85.2 cm³/mol. The van der Waals surface area contributed by atoms with Gasteiger partial charge in [-0.15, -0.1) is 10.2 Å². The van der Waals surface area contributed by atoms with E-state index in [-0.39, 0.29) is 5.56 Å². The fourth-order valence-electron chi connectivity index (χ4n) is 3.06. The van der Waals surface area contributed by atoms with Gasteiger partial charge in [-0.25, -0.2) is 0 Å². The molecule has 3 heterocycles. The smallest absolute Gasteiger partial charge is 0.263 e. The summed E-state index contributed by atoms with van der Waals surface area (Å²) in [4.78, 5) is 17.5. The number of rotatable bonds is 1. The number of hydrogen-bond donors (Lipinski definition) is 0. The van der Waals surface area contributed by atoms with Crippen LogP contribution >= 0.6 is 0 Å². The fraction of sp³-hybridized carbons (Fsp3) is 0.250. The summed E-state index contributed by atoms with van der Waals surface area (Å²) in [6, 6.07) is 7.72. The van der Waals surface area contributed by atoms with Crippen molar-refractivity contribution < 1.29 is 0 Å². The maximum absolute atomic E-state index is 12.9. The van der Waals surface area contributed by atoms with Crippen LogP contribution in [0, 0.1) is 6.92 Å². The molecule has 4 aromatic rings. The molecule has 0 saturated carbocycles. The average molecular weight is 293 g/mol. The van der Waals surface area contributed by atoms with Gasteiger partial charge in [-0.3, -0.25) is 18.7 Å². The Morgan fingerprint density at radius 2 is 1.95 bits per heavy atom. The van der Waals surface area contributed by atoms with E-state index >= 15 is 0 Å². The first-order chi connectivity index (χ1) is 10.6. The Balaban J connectivity index is 2.45. The Morgan fingerprint density at radius 1 is 1.18 bits per heavy atom. The number of nitrogens with zero attached hydrogens (tertiary/aromatic N) is 5. The lowest BCUT2D eigenvalue weighted by Gasteiger charge is -2.11. The van der Waals surface area contributed by atoms with Gasteiger partial charge in [0.2, 0.25) is 5.78 Å². The molecule has 0 fully saturated rings. The minimum atomic E-state index is -0.0701. The number of pyridine rings is 1. The molecule has 3 aromatic heterocycles. The number of aryl methyl sites for hydroxylation is 3. The van der Waals surface area contributed by atoms with E-state index in [1.165, 1.54) is 0 Å². The van der Waals surface area contributed by atoms with Gasteiger partial charge in [-0.2, -0.15) is 0 Å². The molecule has 0 aliphatic heterocycles. The molecule has 6 nitrogen and oxygen atoms in total. The van der Waals surface area contributed by atoms with E-state index in [4.69, 9.17) is 0 Å². The molecule has 0 spiro atoms. The van der Waals surface area contributed by atoms with E-state index in [1.54, 1.807) is 11.6 Å². The lowest BCUT2D eigenvalue weighted by molar-refractivity contribution is 0.853. The SMILES string of the molecule is CCc1nnc2n(C)c(=O)c3c4ccccc4nc(C)c3n12. The molecule has 1 aromatic carbocycles. The van der Waals surface area contributed by atoms with Crippen molar-refractivity contribution in [3.8, 4) is 0 Å². The van der Waals surface area contributed by atoms with Crippen LogP contribution in [0.5, 0.6) is 0 Å². The summed E-state index contributed by atoms with van der Waals surface area (Å²) in [6.07, 6.45) is 0.737. The third-order valence-corrected chi connectivity index (χ3v) is 4.11. The van der Waals surface area contributed by atoms with Crippen LogP contribution in [-0.4, -0.2) is 24.1 Å². The third kappa shape index (κ3) is 1.49. The molecule has 0 saturated heterocycles. The zero-order valence-electron chi connectivity index (χ0n) is 12.7. The second-order valence-electron chi connectivity index (χ2n) is 5.41. The average Bonchev–Trinajstić information content (AvgIpc) is 2.95. The van der Waals surface area contributed by atoms with Crippen molar-refractivity contribution in [2.75, 3.05) is 0 Å². The number of hydrogen-bond acceptors (Lipinski definition) is 4. The zero-order chi connectivity index (χ0) is 15.4. The maximum Gasteiger partial charge on any atom is 0.263 e. The Kier molecular flexibility index (Phi) is 2.57. The van der Waals surface area contributed by atoms with E-state index < -0.39 is 0 Å². The molecule has 0 unspecified atom stereocenters. The Labute approximate surface area is 126 Å². The van der Waals surface area contributed by atoms with Gasteiger partial charge in [0.05, 0.1) is 22.1 Å². The van der Waals surface area contributed by atoms with E-state index in [0.29, 0.717) is 11.2 Å². The first kappa shape index (κ1) is 12.9. The molecular weight excluding hydrogens is 278 g/mol. The summed E-state index contributed by atoms with van der Waals surface area (Å²) in [7, 11) is 1.73. The molecule has 0 N–H and O–H groups in total. The molecule has 0 aliphatic rings. The van der Waals surface area contributed by atoms with E-state index in [0.717, 1.165) is 34.4 Å². The first-order valence-corrected chi connectivity index (χ1v) is 7.25. The van der Waals surface area contributed by atoms with E-state index in [2.05, 4.69) is 15.2 Å². The van der Waals surface area contributed by atoms with Gasteiger partial charge in [0.1, 0.15) is 5.82 Å². The molecule has 6 heteroatoms. The van der Waals surface area contributed by atoms with Gasteiger partial charge in [0.25, 0.3) is 5.56 Å². The summed E-state index contributed by atoms with van der Waals surface area (Å²) in [5.41, 5.74) is 2.37. The zero-order valence-corrected chi connectivity index (χ0v) is 12.7. The summed E-state index contributed by atoms with van der Waals surface area (Å²) in [5, 5.41) is 9.92. The lowest BCUT2D eigenvalue weighted by atomic mass is 10.1. The minimum Gasteiger partial charge on any atom is -0.279 e. The van der Waals surface area contributed by atoms with Crippen LogP contribution in [0.15, 0.2) is 29.1 Å². The standard InChI is InChI=1S/C16H15N5O/c1-4-12-18-19-16-20(3)15(22)13-10-7-5-6-8-11(10)17-9(2)14(13)21(12)16/h5-8H,4H2,1-3H3. The fourth-order valence-corrected chi connectivity index (χ4v) is 3.06. The van der Waals surface area contributed by atoms with E-state index in [1.807, 2.05) is 42.5 Å². The summed E-state index contributed by atoms with van der Waals surface area (Å²) < 4.78 is 3.51. The highest BCUT2D eigenvalue weighted by Gasteiger charge is 2.18. The van der Waals surface area contributed by atoms with Crippen LogP contribution in [0.2, 0.25) is 0 Å². The normalized spacial score (nSPS) is 11.8. The van der Waals surface area contributed by atoms with Crippen molar-refractivity contribution in [2.24, 2.45) is 7.05 Å². The minimum absolute atomic E-state index is 0.0701. The molecular formula is C16H15N5O. The summed E-state index contributed by atoms with van der Waals surface area (Å²) >= 11 is 0. The highest BCUT2D eigenvalue weighted by Crippen LogP contribution is 2.24. The Bertz CT molecular complexity index is 1110. The monoisotopic (exact) mass is 293 g/mol.